The standard InChI is InChI=1S/C14H17N3/c1-3-10-15-14-9-8-13(16-17-14)12-7-5-4-6-11(12)2/h4-9H,3,10H2,1-2H3,(H,15,17). The lowest BCUT2D eigenvalue weighted by Crippen LogP contribution is -2.03. The van der Waals surface area contributed by atoms with Crippen LogP contribution in [0, 0.1) is 6.92 Å². The Morgan fingerprint density at radius 3 is 2.53 bits per heavy atom. The number of nitrogens with one attached hydrogen (secondary N) is 1. The molecule has 0 aliphatic carbocycles. The molecule has 1 aromatic heterocycles. The van der Waals surface area contributed by atoms with E-state index in [0.717, 1.165) is 30.0 Å². The summed E-state index contributed by atoms with van der Waals surface area (Å²) < 4.78 is 0. The molecule has 3 nitrogen and oxygen atoms in total. The minimum absolute atomic E-state index is 0.837. The molecule has 0 bridgehead atoms. The number of hydrogen-bond donors (Lipinski definition) is 1. The van der Waals surface area contributed by atoms with Crippen LogP contribution in [0.3, 0.4) is 0 Å². The third-order valence-corrected chi connectivity index (χ3v) is 2.64. The van der Waals surface area contributed by atoms with E-state index in [0.29, 0.717) is 0 Å². The first-order chi connectivity index (χ1) is 8.31. The zero-order chi connectivity index (χ0) is 12.1. The summed E-state index contributed by atoms with van der Waals surface area (Å²) in [7, 11) is 0. The molecular formula is C14H17N3. The van der Waals surface area contributed by atoms with Gasteiger partial charge in [0, 0.05) is 12.1 Å². The zero-order valence-corrected chi connectivity index (χ0v) is 10.3. The topological polar surface area (TPSA) is 37.8 Å². The lowest BCUT2D eigenvalue weighted by molar-refractivity contribution is 0.945. The highest BCUT2D eigenvalue weighted by Crippen LogP contribution is 2.20. The minimum atomic E-state index is 0.837. The van der Waals surface area contributed by atoms with Crippen LogP contribution in [0.4, 0.5) is 5.82 Å². The van der Waals surface area contributed by atoms with Crippen LogP contribution in [-0.2, 0) is 0 Å². The number of anilines is 1. The predicted molar refractivity (Wildman–Crippen MR) is 71.0 cm³/mol. The summed E-state index contributed by atoms with van der Waals surface area (Å²) in [6, 6.07) is 12.2. The van der Waals surface area contributed by atoms with Crippen LogP contribution in [-0.4, -0.2) is 16.7 Å². The molecule has 2 aromatic rings. The van der Waals surface area contributed by atoms with Crippen molar-refractivity contribution in [3.63, 3.8) is 0 Å². The summed E-state index contributed by atoms with van der Waals surface area (Å²) in [5.41, 5.74) is 3.28. The van der Waals surface area contributed by atoms with Crippen molar-refractivity contribution < 1.29 is 0 Å². The second kappa shape index (κ2) is 5.43. The Labute approximate surface area is 102 Å². The summed E-state index contributed by atoms with van der Waals surface area (Å²) in [5, 5.41) is 11.6. The van der Waals surface area contributed by atoms with Crippen LogP contribution in [0.25, 0.3) is 11.3 Å². The van der Waals surface area contributed by atoms with Crippen molar-refractivity contribution in [2.45, 2.75) is 20.3 Å². The molecule has 0 atom stereocenters. The van der Waals surface area contributed by atoms with Crippen LogP contribution in [0.15, 0.2) is 36.4 Å². The van der Waals surface area contributed by atoms with Crippen LogP contribution in [0.2, 0.25) is 0 Å². The van der Waals surface area contributed by atoms with Crippen molar-refractivity contribution >= 4 is 5.82 Å². The average molecular weight is 227 g/mol. The normalized spacial score (nSPS) is 10.2. The van der Waals surface area contributed by atoms with Gasteiger partial charge in [0.05, 0.1) is 5.69 Å². The summed E-state index contributed by atoms with van der Waals surface area (Å²) in [4.78, 5) is 0. The number of aromatic nitrogens is 2. The van der Waals surface area contributed by atoms with E-state index in [9.17, 15) is 0 Å². The monoisotopic (exact) mass is 227 g/mol. The lowest BCUT2D eigenvalue weighted by atomic mass is 10.1. The molecule has 0 saturated heterocycles. The quantitative estimate of drug-likeness (QED) is 0.871. The minimum Gasteiger partial charge on any atom is -0.369 e. The molecule has 1 aromatic carbocycles. The molecule has 0 aliphatic heterocycles. The molecule has 1 N–H and O–H groups in total. The molecule has 0 aliphatic rings. The number of nitrogens with zero attached hydrogens (tertiary/aromatic N) is 2. The van der Waals surface area contributed by atoms with Crippen molar-refractivity contribution in [1.82, 2.24) is 10.2 Å². The average Bonchev–Trinajstić information content (AvgIpc) is 2.38. The number of aryl methyl sites for hydroxylation is 1. The third-order valence-electron chi connectivity index (χ3n) is 2.64. The first-order valence-electron chi connectivity index (χ1n) is 5.95. The molecule has 0 spiro atoms. The maximum atomic E-state index is 4.25. The number of hydrogen-bond acceptors (Lipinski definition) is 3. The van der Waals surface area contributed by atoms with E-state index in [2.05, 4.69) is 41.5 Å². The van der Waals surface area contributed by atoms with E-state index >= 15 is 0 Å². The summed E-state index contributed by atoms with van der Waals surface area (Å²) in [5.74, 6) is 0.837. The molecule has 1 heterocycles. The molecule has 0 fully saturated rings. The molecular weight excluding hydrogens is 210 g/mol. The van der Waals surface area contributed by atoms with Gasteiger partial charge in [-0.3, -0.25) is 0 Å². The Kier molecular flexibility index (Phi) is 3.70. The predicted octanol–water partition coefficient (Wildman–Crippen LogP) is 3.27. The number of rotatable bonds is 4. The summed E-state index contributed by atoms with van der Waals surface area (Å²) in [6.45, 7) is 5.14. The maximum absolute atomic E-state index is 4.25. The van der Waals surface area contributed by atoms with Gasteiger partial charge in [-0.15, -0.1) is 10.2 Å². The fourth-order valence-corrected chi connectivity index (χ4v) is 1.68. The van der Waals surface area contributed by atoms with E-state index < -0.39 is 0 Å². The van der Waals surface area contributed by atoms with E-state index in [4.69, 9.17) is 0 Å². The van der Waals surface area contributed by atoms with E-state index in [1.54, 1.807) is 0 Å². The third kappa shape index (κ3) is 2.81. The molecule has 17 heavy (non-hydrogen) atoms. The largest absolute Gasteiger partial charge is 0.369 e. The maximum Gasteiger partial charge on any atom is 0.148 e. The van der Waals surface area contributed by atoms with Crippen LogP contribution >= 0.6 is 0 Å². The van der Waals surface area contributed by atoms with Gasteiger partial charge < -0.3 is 5.32 Å². The Bertz CT molecular complexity index is 477. The fourth-order valence-electron chi connectivity index (χ4n) is 1.68. The van der Waals surface area contributed by atoms with Gasteiger partial charge in [-0.1, -0.05) is 31.2 Å². The van der Waals surface area contributed by atoms with Crippen molar-refractivity contribution in [1.29, 1.82) is 0 Å². The Balaban J connectivity index is 2.21. The SMILES string of the molecule is CCCNc1ccc(-c2ccccc2C)nn1. The van der Waals surface area contributed by atoms with Crippen molar-refractivity contribution in [2.75, 3.05) is 11.9 Å². The van der Waals surface area contributed by atoms with E-state index in [-0.39, 0.29) is 0 Å². The summed E-state index contributed by atoms with van der Waals surface area (Å²) in [6.07, 6.45) is 1.08. The van der Waals surface area contributed by atoms with Crippen LogP contribution in [0.5, 0.6) is 0 Å². The van der Waals surface area contributed by atoms with E-state index in [1.165, 1.54) is 5.56 Å². The number of benzene rings is 1. The van der Waals surface area contributed by atoms with Crippen molar-refractivity contribution in [3.05, 3.63) is 42.0 Å². The molecule has 0 amide bonds. The van der Waals surface area contributed by atoms with Gasteiger partial charge in [0.1, 0.15) is 5.82 Å². The fraction of sp³-hybridized carbons (Fsp3) is 0.286. The molecule has 2 rings (SSSR count). The highest BCUT2D eigenvalue weighted by molar-refractivity contribution is 5.63. The molecule has 0 unspecified atom stereocenters. The first kappa shape index (κ1) is 11.6. The Morgan fingerprint density at radius 1 is 1.06 bits per heavy atom. The highest BCUT2D eigenvalue weighted by atomic mass is 15.2. The second-order valence-corrected chi connectivity index (χ2v) is 4.05. The van der Waals surface area contributed by atoms with Crippen molar-refractivity contribution in [2.24, 2.45) is 0 Å². The van der Waals surface area contributed by atoms with Gasteiger partial charge in [-0.2, -0.15) is 0 Å². The van der Waals surface area contributed by atoms with Crippen LogP contribution in [0.1, 0.15) is 18.9 Å². The lowest BCUT2D eigenvalue weighted by Gasteiger charge is -2.06. The highest BCUT2D eigenvalue weighted by Gasteiger charge is 2.03. The van der Waals surface area contributed by atoms with E-state index in [1.807, 2.05) is 24.3 Å². The van der Waals surface area contributed by atoms with Gasteiger partial charge in [-0.05, 0) is 31.0 Å². The smallest absolute Gasteiger partial charge is 0.148 e. The molecule has 3 heteroatoms. The molecule has 88 valence electrons. The van der Waals surface area contributed by atoms with Crippen LogP contribution < -0.4 is 5.32 Å². The van der Waals surface area contributed by atoms with Gasteiger partial charge in [0.25, 0.3) is 0 Å². The van der Waals surface area contributed by atoms with Gasteiger partial charge in [-0.25, -0.2) is 0 Å². The first-order valence-corrected chi connectivity index (χ1v) is 5.95. The Hall–Kier alpha value is -1.90. The van der Waals surface area contributed by atoms with Crippen molar-refractivity contribution in [3.8, 4) is 11.3 Å². The molecule has 0 radical (unpaired) electrons. The Morgan fingerprint density at radius 2 is 1.88 bits per heavy atom. The van der Waals surface area contributed by atoms with Gasteiger partial charge in [0.2, 0.25) is 0 Å². The van der Waals surface area contributed by atoms with Gasteiger partial charge >= 0.3 is 0 Å². The second-order valence-electron chi connectivity index (χ2n) is 4.05. The summed E-state index contributed by atoms with van der Waals surface area (Å²) >= 11 is 0. The van der Waals surface area contributed by atoms with Gasteiger partial charge in [0.15, 0.2) is 0 Å². The molecule has 0 saturated carbocycles. The zero-order valence-electron chi connectivity index (χ0n) is 10.3.